The van der Waals surface area contributed by atoms with Crippen molar-refractivity contribution in [1.29, 1.82) is 0 Å². The molecular weight excluding hydrogens is 220 g/mol. The summed E-state index contributed by atoms with van der Waals surface area (Å²) >= 11 is 5.20. The fourth-order valence-electron chi connectivity index (χ4n) is 1.83. The van der Waals surface area contributed by atoms with Crippen molar-refractivity contribution >= 4 is 12.2 Å². The van der Waals surface area contributed by atoms with Crippen LogP contribution in [0.2, 0.25) is 0 Å². The molecule has 4 heteroatoms. The highest BCUT2D eigenvalue weighted by atomic mass is 32.1. The molecule has 0 spiro atoms. The summed E-state index contributed by atoms with van der Waals surface area (Å²) in [5.74, 6) is 0.884. The SMILES string of the molecule is CC(C)(C)c1cc(=S)nc(C2CCCO2)[nH]1. The maximum absolute atomic E-state index is 5.62. The van der Waals surface area contributed by atoms with Crippen molar-refractivity contribution in [2.24, 2.45) is 0 Å². The molecule has 0 radical (unpaired) electrons. The van der Waals surface area contributed by atoms with Crippen LogP contribution < -0.4 is 0 Å². The van der Waals surface area contributed by atoms with Gasteiger partial charge < -0.3 is 9.72 Å². The number of hydrogen-bond donors (Lipinski definition) is 1. The van der Waals surface area contributed by atoms with Crippen molar-refractivity contribution in [3.8, 4) is 0 Å². The first kappa shape index (κ1) is 11.7. The molecule has 1 aromatic rings. The standard InChI is InChI=1S/C12H18N2OS/c1-12(2,3)9-7-10(16)14-11(13-9)8-5-4-6-15-8/h7-8H,4-6H2,1-3H3,(H,13,14,16). The van der Waals surface area contributed by atoms with Crippen molar-refractivity contribution in [2.45, 2.75) is 45.1 Å². The average Bonchev–Trinajstić information content (AvgIpc) is 2.68. The molecule has 2 heterocycles. The molecule has 16 heavy (non-hydrogen) atoms. The summed E-state index contributed by atoms with van der Waals surface area (Å²) in [6.45, 7) is 7.30. The minimum absolute atomic E-state index is 0.0594. The fourth-order valence-corrected chi connectivity index (χ4v) is 2.04. The van der Waals surface area contributed by atoms with Gasteiger partial charge in [0.15, 0.2) is 0 Å². The molecule has 2 rings (SSSR count). The Morgan fingerprint density at radius 2 is 2.25 bits per heavy atom. The zero-order valence-corrected chi connectivity index (χ0v) is 10.9. The Morgan fingerprint density at radius 3 is 2.81 bits per heavy atom. The molecule has 1 aliphatic heterocycles. The molecule has 0 saturated carbocycles. The van der Waals surface area contributed by atoms with Gasteiger partial charge in [-0.05, 0) is 18.9 Å². The monoisotopic (exact) mass is 238 g/mol. The largest absolute Gasteiger partial charge is 0.370 e. The third kappa shape index (κ3) is 2.50. The summed E-state index contributed by atoms with van der Waals surface area (Å²) in [5.41, 5.74) is 1.18. The van der Waals surface area contributed by atoms with Crippen LogP contribution in [0.3, 0.4) is 0 Å². The molecule has 0 amide bonds. The first-order valence-electron chi connectivity index (χ1n) is 5.70. The molecule has 0 aromatic carbocycles. The van der Waals surface area contributed by atoms with E-state index in [1.165, 1.54) is 0 Å². The van der Waals surface area contributed by atoms with Crippen LogP contribution >= 0.6 is 12.2 Å². The van der Waals surface area contributed by atoms with Crippen LogP contribution in [0, 0.1) is 4.64 Å². The number of nitrogens with one attached hydrogen (secondary N) is 1. The normalized spacial score (nSPS) is 21.3. The molecule has 88 valence electrons. The molecule has 1 aliphatic rings. The number of hydrogen-bond acceptors (Lipinski definition) is 3. The zero-order valence-electron chi connectivity index (χ0n) is 10.0. The van der Waals surface area contributed by atoms with Crippen molar-refractivity contribution < 1.29 is 4.74 Å². The summed E-state index contributed by atoms with van der Waals surface area (Å²) in [5, 5.41) is 0. The quantitative estimate of drug-likeness (QED) is 0.763. The van der Waals surface area contributed by atoms with Gasteiger partial charge in [0.05, 0.1) is 0 Å². The van der Waals surface area contributed by atoms with Gasteiger partial charge in [-0.15, -0.1) is 0 Å². The number of ether oxygens (including phenoxy) is 1. The van der Waals surface area contributed by atoms with E-state index in [1.807, 2.05) is 6.07 Å². The Hall–Kier alpha value is -0.740. The van der Waals surface area contributed by atoms with Gasteiger partial charge in [-0.1, -0.05) is 33.0 Å². The average molecular weight is 238 g/mol. The number of aromatic amines is 1. The number of H-pyrrole nitrogens is 1. The third-order valence-electron chi connectivity index (χ3n) is 2.80. The van der Waals surface area contributed by atoms with E-state index in [1.54, 1.807) is 0 Å². The molecule has 1 N–H and O–H groups in total. The lowest BCUT2D eigenvalue weighted by Crippen LogP contribution is -2.16. The van der Waals surface area contributed by atoms with Gasteiger partial charge in [-0.25, -0.2) is 4.98 Å². The van der Waals surface area contributed by atoms with Gasteiger partial charge in [0.1, 0.15) is 16.6 Å². The molecule has 1 fully saturated rings. The Morgan fingerprint density at radius 1 is 1.50 bits per heavy atom. The van der Waals surface area contributed by atoms with Crippen LogP contribution in [-0.2, 0) is 10.2 Å². The minimum atomic E-state index is 0.0594. The van der Waals surface area contributed by atoms with Crippen LogP contribution in [0.25, 0.3) is 0 Å². The van der Waals surface area contributed by atoms with Crippen LogP contribution in [0.4, 0.5) is 0 Å². The summed E-state index contributed by atoms with van der Waals surface area (Å²) in [6, 6.07) is 1.94. The van der Waals surface area contributed by atoms with Gasteiger partial charge in [0, 0.05) is 17.7 Å². The lowest BCUT2D eigenvalue weighted by atomic mass is 9.92. The van der Waals surface area contributed by atoms with Crippen molar-refractivity contribution in [3.05, 3.63) is 22.2 Å². The van der Waals surface area contributed by atoms with Crippen LogP contribution in [-0.4, -0.2) is 16.6 Å². The maximum Gasteiger partial charge on any atom is 0.137 e. The highest BCUT2D eigenvalue weighted by Gasteiger charge is 2.22. The second-order valence-electron chi connectivity index (χ2n) is 5.27. The summed E-state index contributed by atoms with van der Waals surface area (Å²) < 4.78 is 6.27. The van der Waals surface area contributed by atoms with Crippen molar-refractivity contribution in [2.75, 3.05) is 6.61 Å². The minimum Gasteiger partial charge on any atom is -0.370 e. The topological polar surface area (TPSA) is 37.9 Å². The summed E-state index contributed by atoms with van der Waals surface area (Å²) in [6.07, 6.45) is 2.24. The molecule has 3 nitrogen and oxygen atoms in total. The third-order valence-corrected chi connectivity index (χ3v) is 3.01. The van der Waals surface area contributed by atoms with Gasteiger partial charge in [0.25, 0.3) is 0 Å². The molecule has 1 saturated heterocycles. The fraction of sp³-hybridized carbons (Fsp3) is 0.667. The molecule has 1 unspecified atom stereocenters. The Kier molecular flexibility index (Phi) is 3.13. The number of rotatable bonds is 1. The van der Waals surface area contributed by atoms with E-state index in [0.29, 0.717) is 4.64 Å². The predicted octanol–water partition coefficient (Wildman–Crippen LogP) is 3.29. The second-order valence-corrected chi connectivity index (χ2v) is 5.69. The second kappa shape index (κ2) is 4.26. The Balaban J connectivity index is 2.39. The first-order valence-corrected chi connectivity index (χ1v) is 6.11. The van der Waals surface area contributed by atoms with Crippen molar-refractivity contribution in [1.82, 2.24) is 9.97 Å². The lowest BCUT2D eigenvalue weighted by molar-refractivity contribution is 0.104. The molecule has 1 aromatic heterocycles. The first-order chi connectivity index (χ1) is 7.47. The summed E-state index contributed by atoms with van der Waals surface area (Å²) in [4.78, 5) is 7.73. The lowest BCUT2D eigenvalue weighted by Gasteiger charge is -2.20. The molecule has 1 atom stereocenters. The Labute approximate surface area is 101 Å². The number of aromatic nitrogens is 2. The van der Waals surface area contributed by atoms with Crippen LogP contribution in [0.5, 0.6) is 0 Å². The van der Waals surface area contributed by atoms with Gasteiger partial charge in [0.2, 0.25) is 0 Å². The maximum atomic E-state index is 5.62. The molecular formula is C12H18N2OS. The van der Waals surface area contributed by atoms with Gasteiger partial charge in [-0.2, -0.15) is 0 Å². The van der Waals surface area contributed by atoms with E-state index >= 15 is 0 Å². The van der Waals surface area contributed by atoms with E-state index in [4.69, 9.17) is 17.0 Å². The highest BCUT2D eigenvalue weighted by molar-refractivity contribution is 7.71. The van der Waals surface area contributed by atoms with Crippen LogP contribution in [0.1, 0.15) is 51.2 Å². The molecule has 0 bridgehead atoms. The van der Waals surface area contributed by atoms with Gasteiger partial charge in [-0.3, -0.25) is 0 Å². The van der Waals surface area contributed by atoms with E-state index < -0.39 is 0 Å². The van der Waals surface area contributed by atoms with E-state index in [2.05, 4.69) is 30.7 Å². The smallest absolute Gasteiger partial charge is 0.137 e. The van der Waals surface area contributed by atoms with E-state index in [0.717, 1.165) is 31.0 Å². The molecule has 0 aliphatic carbocycles. The summed E-state index contributed by atoms with van der Waals surface area (Å²) in [7, 11) is 0. The predicted molar refractivity (Wildman–Crippen MR) is 66.0 cm³/mol. The highest BCUT2D eigenvalue weighted by Crippen LogP contribution is 2.28. The van der Waals surface area contributed by atoms with Gasteiger partial charge >= 0.3 is 0 Å². The van der Waals surface area contributed by atoms with E-state index in [-0.39, 0.29) is 11.5 Å². The number of nitrogens with zero attached hydrogens (tertiary/aromatic N) is 1. The van der Waals surface area contributed by atoms with Crippen molar-refractivity contribution in [3.63, 3.8) is 0 Å². The van der Waals surface area contributed by atoms with Crippen LogP contribution in [0.15, 0.2) is 6.07 Å². The zero-order chi connectivity index (χ0) is 11.8. The Bertz CT molecular complexity index is 427. The van der Waals surface area contributed by atoms with E-state index in [9.17, 15) is 0 Å².